The van der Waals surface area contributed by atoms with Gasteiger partial charge in [0.05, 0.1) is 24.2 Å². The van der Waals surface area contributed by atoms with Gasteiger partial charge in [-0.1, -0.05) is 48.5 Å². The molecule has 0 bridgehead atoms. The summed E-state index contributed by atoms with van der Waals surface area (Å²) in [4.78, 5) is 0.128. The first-order valence-corrected chi connectivity index (χ1v) is 11.4. The van der Waals surface area contributed by atoms with Gasteiger partial charge in [-0.05, 0) is 49.2 Å². The smallest absolute Gasteiger partial charge is 0.264 e. The van der Waals surface area contributed by atoms with Crippen LogP contribution in [0.5, 0.6) is 11.5 Å². The highest BCUT2D eigenvalue weighted by atomic mass is 32.2. The molecule has 0 spiro atoms. The van der Waals surface area contributed by atoms with E-state index in [1.165, 1.54) is 23.5 Å². The van der Waals surface area contributed by atoms with Crippen LogP contribution in [0.3, 0.4) is 0 Å². The highest BCUT2D eigenvalue weighted by Gasteiger charge is 2.29. The van der Waals surface area contributed by atoms with Gasteiger partial charge in [-0.25, -0.2) is 8.42 Å². The molecule has 3 aromatic rings. The maximum absolute atomic E-state index is 13.4. The van der Waals surface area contributed by atoms with E-state index >= 15 is 0 Å². The van der Waals surface area contributed by atoms with Crippen molar-refractivity contribution in [3.05, 3.63) is 83.9 Å². The summed E-state index contributed by atoms with van der Waals surface area (Å²) in [5, 5.41) is 10.7. The maximum Gasteiger partial charge on any atom is 0.264 e. The van der Waals surface area contributed by atoms with Crippen LogP contribution in [-0.2, 0) is 10.0 Å². The average Bonchev–Trinajstić information content (AvgIpc) is 2.77. The monoisotopic (exact) mass is 441 g/mol. The van der Waals surface area contributed by atoms with Gasteiger partial charge in [0.1, 0.15) is 24.2 Å². The zero-order valence-electron chi connectivity index (χ0n) is 17.9. The van der Waals surface area contributed by atoms with Crippen molar-refractivity contribution in [2.45, 2.75) is 24.8 Å². The third-order valence-electron chi connectivity index (χ3n) is 4.89. The molecule has 1 N–H and O–H groups in total. The molecule has 1 atom stereocenters. The number of rotatable bonds is 9. The van der Waals surface area contributed by atoms with Crippen molar-refractivity contribution in [3.63, 3.8) is 0 Å². The van der Waals surface area contributed by atoms with E-state index in [4.69, 9.17) is 9.47 Å². The van der Waals surface area contributed by atoms with E-state index in [0.717, 1.165) is 11.1 Å². The first kappa shape index (κ1) is 22.7. The number of sulfonamides is 1. The normalized spacial score (nSPS) is 12.3. The zero-order chi connectivity index (χ0) is 22.4. The third kappa shape index (κ3) is 5.18. The van der Waals surface area contributed by atoms with Crippen LogP contribution in [0.1, 0.15) is 11.1 Å². The lowest BCUT2D eigenvalue weighted by atomic mass is 10.1. The number of aliphatic hydroxyl groups excluding tert-OH is 1. The zero-order valence-corrected chi connectivity index (χ0v) is 18.7. The second-order valence-electron chi connectivity index (χ2n) is 7.21. The fraction of sp³-hybridized carbons (Fsp3) is 0.250. The van der Waals surface area contributed by atoms with Crippen molar-refractivity contribution in [2.24, 2.45) is 0 Å². The Bertz CT molecular complexity index is 1100. The lowest BCUT2D eigenvalue weighted by Crippen LogP contribution is -2.40. The molecule has 31 heavy (non-hydrogen) atoms. The van der Waals surface area contributed by atoms with Gasteiger partial charge in [0.25, 0.3) is 10.0 Å². The predicted molar refractivity (Wildman–Crippen MR) is 121 cm³/mol. The largest absolute Gasteiger partial charge is 0.495 e. The van der Waals surface area contributed by atoms with Gasteiger partial charge in [-0.15, -0.1) is 0 Å². The van der Waals surface area contributed by atoms with Crippen molar-refractivity contribution in [1.29, 1.82) is 0 Å². The van der Waals surface area contributed by atoms with Crippen LogP contribution >= 0.6 is 0 Å². The summed E-state index contributed by atoms with van der Waals surface area (Å²) in [6, 6.07) is 20.7. The fourth-order valence-corrected chi connectivity index (χ4v) is 4.87. The van der Waals surface area contributed by atoms with E-state index < -0.39 is 16.1 Å². The molecule has 7 heteroatoms. The van der Waals surface area contributed by atoms with E-state index in [9.17, 15) is 13.5 Å². The van der Waals surface area contributed by atoms with Gasteiger partial charge in [-0.3, -0.25) is 4.31 Å². The van der Waals surface area contributed by atoms with E-state index in [1.807, 2.05) is 32.0 Å². The van der Waals surface area contributed by atoms with Crippen LogP contribution < -0.4 is 13.8 Å². The van der Waals surface area contributed by atoms with Crippen molar-refractivity contribution in [2.75, 3.05) is 24.6 Å². The lowest BCUT2D eigenvalue weighted by molar-refractivity contribution is 0.114. The van der Waals surface area contributed by atoms with Crippen LogP contribution in [0.25, 0.3) is 0 Å². The molecule has 0 saturated heterocycles. The molecule has 0 aromatic heterocycles. The molecule has 0 aliphatic carbocycles. The molecule has 0 fully saturated rings. The molecule has 0 aliphatic rings. The summed E-state index contributed by atoms with van der Waals surface area (Å²) in [7, 11) is -2.46. The second kappa shape index (κ2) is 9.85. The molecular formula is C24H27NO5S. The van der Waals surface area contributed by atoms with Gasteiger partial charge >= 0.3 is 0 Å². The minimum absolute atomic E-state index is 0.0539. The molecule has 164 valence electrons. The van der Waals surface area contributed by atoms with Crippen LogP contribution in [-0.4, -0.2) is 39.9 Å². The Morgan fingerprint density at radius 1 is 0.903 bits per heavy atom. The minimum Gasteiger partial charge on any atom is -0.495 e. The Morgan fingerprint density at radius 2 is 1.52 bits per heavy atom. The van der Waals surface area contributed by atoms with Crippen LogP contribution in [0, 0.1) is 13.8 Å². The number of anilines is 1. The standard InChI is InChI=1S/C24H27NO5S/c1-18-10-9-11-19(2)24(18)30-17-20(26)16-25(22-14-7-8-15-23(22)29-3)31(27,28)21-12-5-4-6-13-21/h4-15,20,26H,16-17H2,1-3H3/t20-/m0/s1. The second-order valence-corrected chi connectivity index (χ2v) is 9.07. The number of ether oxygens (including phenoxy) is 2. The van der Waals surface area contributed by atoms with E-state index in [2.05, 4.69) is 0 Å². The first-order valence-electron chi connectivity index (χ1n) is 9.92. The molecule has 0 amide bonds. The summed E-state index contributed by atoms with van der Waals surface area (Å²) in [6.45, 7) is 3.61. The molecule has 0 radical (unpaired) electrons. The lowest BCUT2D eigenvalue weighted by Gasteiger charge is -2.28. The number of nitrogens with zero attached hydrogens (tertiary/aromatic N) is 1. The molecule has 0 heterocycles. The Balaban J connectivity index is 1.90. The molecule has 0 unspecified atom stereocenters. The highest BCUT2D eigenvalue weighted by Crippen LogP contribution is 2.32. The van der Waals surface area contributed by atoms with Crippen molar-refractivity contribution < 1.29 is 23.0 Å². The number of methoxy groups -OCH3 is 1. The molecular weight excluding hydrogens is 414 g/mol. The summed E-state index contributed by atoms with van der Waals surface area (Å²) < 4.78 is 39.3. The summed E-state index contributed by atoms with van der Waals surface area (Å²) in [5.74, 6) is 1.08. The van der Waals surface area contributed by atoms with E-state index in [0.29, 0.717) is 17.2 Å². The SMILES string of the molecule is COc1ccccc1N(C[C@H](O)COc1c(C)cccc1C)S(=O)(=O)c1ccccc1. The van der Waals surface area contributed by atoms with Crippen molar-refractivity contribution in [1.82, 2.24) is 0 Å². The number of hydrogen-bond donors (Lipinski definition) is 1. The number of benzene rings is 3. The maximum atomic E-state index is 13.4. The molecule has 3 aromatic carbocycles. The van der Waals surface area contributed by atoms with Gasteiger partial charge in [-0.2, -0.15) is 0 Å². The van der Waals surface area contributed by atoms with Crippen LogP contribution in [0.15, 0.2) is 77.7 Å². The molecule has 0 saturated carbocycles. The molecule has 6 nitrogen and oxygen atoms in total. The Morgan fingerprint density at radius 3 is 2.16 bits per heavy atom. The summed E-state index contributed by atoms with van der Waals surface area (Å²) in [6.07, 6.45) is -1.07. The molecule has 3 rings (SSSR count). The number of hydrogen-bond acceptors (Lipinski definition) is 5. The topological polar surface area (TPSA) is 76.1 Å². The average molecular weight is 442 g/mol. The Labute approximate surface area is 183 Å². The van der Waals surface area contributed by atoms with Gasteiger partial charge in [0.2, 0.25) is 0 Å². The number of para-hydroxylation sites is 3. The van der Waals surface area contributed by atoms with Crippen molar-refractivity contribution in [3.8, 4) is 11.5 Å². The fourth-order valence-electron chi connectivity index (χ4n) is 3.33. The van der Waals surface area contributed by atoms with Crippen LogP contribution in [0.4, 0.5) is 5.69 Å². The van der Waals surface area contributed by atoms with Crippen molar-refractivity contribution >= 4 is 15.7 Å². The Kier molecular flexibility index (Phi) is 7.20. The quantitative estimate of drug-likeness (QED) is 0.544. The van der Waals surface area contributed by atoms with Gasteiger partial charge in [0, 0.05) is 0 Å². The Hall–Kier alpha value is -3.03. The number of aryl methyl sites for hydroxylation is 2. The van der Waals surface area contributed by atoms with E-state index in [-0.39, 0.29) is 18.0 Å². The predicted octanol–water partition coefficient (Wildman–Crippen LogP) is 3.95. The summed E-state index contributed by atoms with van der Waals surface area (Å²) in [5.41, 5.74) is 2.25. The van der Waals surface area contributed by atoms with Crippen LogP contribution in [0.2, 0.25) is 0 Å². The third-order valence-corrected chi connectivity index (χ3v) is 6.68. The molecule has 0 aliphatic heterocycles. The highest BCUT2D eigenvalue weighted by molar-refractivity contribution is 7.92. The van der Waals surface area contributed by atoms with Gasteiger partial charge < -0.3 is 14.6 Å². The van der Waals surface area contributed by atoms with Gasteiger partial charge in [0.15, 0.2) is 0 Å². The number of aliphatic hydroxyl groups is 1. The minimum atomic E-state index is -3.94. The first-order chi connectivity index (χ1) is 14.8. The summed E-state index contributed by atoms with van der Waals surface area (Å²) >= 11 is 0. The van der Waals surface area contributed by atoms with E-state index in [1.54, 1.807) is 42.5 Å².